The number of rotatable bonds is 1. The standard InChI is InChI=1S/C6H8BrN3O.C2H6/c1-8-4-3-9-10(2)6(11)5(4)7;1-2/h3,8H,1-2H3;1-2H3. The van der Waals surface area contributed by atoms with E-state index in [9.17, 15) is 4.79 Å². The number of aromatic nitrogens is 2. The quantitative estimate of drug-likeness (QED) is 0.821. The molecule has 0 aliphatic carbocycles. The average molecular weight is 248 g/mol. The van der Waals surface area contributed by atoms with Crippen molar-refractivity contribution >= 4 is 21.6 Å². The number of hydrogen-bond donors (Lipinski definition) is 1. The lowest BCUT2D eigenvalue weighted by molar-refractivity contribution is 0.704. The topological polar surface area (TPSA) is 46.9 Å². The van der Waals surface area contributed by atoms with Gasteiger partial charge in [-0.05, 0) is 15.9 Å². The van der Waals surface area contributed by atoms with Crippen molar-refractivity contribution in [1.29, 1.82) is 0 Å². The van der Waals surface area contributed by atoms with E-state index in [2.05, 4.69) is 26.3 Å². The molecule has 0 spiro atoms. The minimum atomic E-state index is -0.142. The molecule has 1 heterocycles. The lowest BCUT2D eigenvalue weighted by Crippen LogP contribution is -2.20. The Bertz CT molecular complexity index is 322. The fraction of sp³-hybridized carbons (Fsp3) is 0.500. The molecule has 0 saturated heterocycles. The van der Waals surface area contributed by atoms with E-state index >= 15 is 0 Å². The molecule has 0 radical (unpaired) electrons. The fourth-order valence-electron chi connectivity index (χ4n) is 0.685. The number of halogens is 1. The highest BCUT2D eigenvalue weighted by Crippen LogP contribution is 2.13. The van der Waals surface area contributed by atoms with Crippen molar-refractivity contribution in [2.45, 2.75) is 13.8 Å². The van der Waals surface area contributed by atoms with Crippen LogP contribution in [-0.4, -0.2) is 16.8 Å². The van der Waals surface area contributed by atoms with Gasteiger partial charge in [0.1, 0.15) is 4.47 Å². The summed E-state index contributed by atoms with van der Waals surface area (Å²) in [7, 11) is 3.34. The smallest absolute Gasteiger partial charge is 0.282 e. The Morgan fingerprint density at radius 2 is 2.08 bits per heavy atom. The van der Waals surface area contributed by atoms with Gasteiger partial charge in [0.25, 0.3) is 5.56 Å². The minimum absolute atomic E-state index is 0.142. The van der Waals surface area contributed by atoms with Gasteiger partial charge < -0.3 is 5.32 Å². The molecule has 0 unspecified atom stereocenters. The molecule has 5 heteroatoms. The Balaban J connectivity index is 0.000000671. The Morgan fingerprint density at radius 3 is 2.54 bits per heavy atom. The van der Waals surface area contributed by atoms with Crippen molar-refractivity contribution in [3.63, 3.8) is 0 Å². The van der Waals surface area contributed by atoms with Crippen LogP contribution in [0.5, 0.6) is 0 Å². The largest absolute Gasteiger partial charge is 0.386 e. The molecule has 13 heavy (non-hydrogen) atoms. The molecule has 1 aromatic rings. The van der Waals surface area contributed by atoms with Crippen LogP contribution in [0.4, 0.5) is 5.69 Å². The number of hydrogen-bond acceptors (Lipinski definition) is 3. The molecule has 0 aliphatic heterocycles. The maximum Gasteiger partial charge on any atom is 0.282 e. The Hall–Kier alpha value is -0.840. The summed E-state index contributed by atoms with van der Waals surface area (Å²) in [4.78, 5) is 11.2. The number of nitrogens with one attached hydrogen (secondary N) is 1. The molecule has 1 rings (SSSR count). The molecule has 1 N–H and O–H groups in total. The maximum absolute atomic E-state index is 11.2. The Kier molecular flexibility index (Phi) is 5.37. The molecule has 0 amide bonds. The third kappa shape index (κ3) is 2.84. The van der Waals surface area contributed by atoms with Crippen LogP contribution < -0.4 is 10.9 Å². The maximum atomic E-state index is 11.2. The second kappa shape index (κ2) is 5.75. The van der Waals surface area contributed by atoms with Gasteiger partial charge in [-0.1, -0.05) is 13.8 Å². The van der Waals surface area contributed by atoms with Crippen molar-refractivity contribution in [1.82, 2.24) is 9.78 Å². The normalized spacial score (nSPS) is 8.69. The van der Waals surface area contributed by atoms with Gasteiger partial charge in [-0.25, -0.2) is 4.68 Å². The summed E-state index contributed by atoms with van der Waals surface area (Å²) in [5.74, 6) is 0. The summed E-state index contributed by atoms with van der Waals surface area (Å²) in [6.45, 7) is 4.00. The summed E-state index contributed by atoms with van der Waals surface area (Å²) >= 11 is 3.16. The highest BCUT2D eigenvalue weighted by atomic mass is 79.9. The summed E-state index contributed by atoms with van der Waals surface area (Å²) in [6, 6.07) is 0. The van der Waals surface area contributed by atoms with Crippen LogP contribution in [0, 0.1) is 0 Å². The molecule has 0 bridgehead atoms. The molecular formula is C8H14BrN3O. The van der Waals surface area contributed by atoms with Crippen LogP contribution >= 0.6 is 15.9 Å². The predicted molar refractivity (Wildman–Crippen MR) is 58.1 cm³/mol. The van der Waals surface area contributed by atoms with E-state index < -0.39 is 0 Å². The van der Waals surface area contributed by atoms with Crippen LogP contribution in [0.2, 0.25) is 0 Å². The van der Waals surface area contributed by atoms with E-state index in [1.165, 1.54) is 4.68 Å². The predicted octanol–water partition coefficient (Wildman–Crippen LogP) is 1.61. The van der Waals surface area contributed by atoms with E-state index in [-0.39, 0.29) is 5.56 Å². The van der Waals surface area contributed by atoms with E-state index in [4.69, 9.17) is 0 Å². The molecule has 0 aromatic carbocycles. The Morgan fingerprint density at radius 1 is 1.54 bits per heavy atom. The minimum Gasteiger partial charge on any atom is -0.386 e. The van der Waals surface area contributed by atoms with E-state index in [1.807, 2.05) is 13.8 Å². The van der Waals surface area contributed by atoms with Crippen LogP contribution in [-0.2, 0) is 7.05 Å². The average Bonchev–Trinajstić information content (AvgIpc) is 2.18. The van der Waals surface area contributed by atoms with Gasteiger partial charge in [0, 0.05) is 14.1 Å². The first-order valence-corrected chi connectivity index (χ1v) is 4.85. The van der Waals surface area contributed by atoms with Crippen molar-refractivity contribution < 1.29 is 0 Å². The second-order valence-corrected chi connectivity index (χ2v) is 2.84. The zero-order valence-electron chi connectivity index (χ0n) is 8.26. The van der Waals surface area contributed by atoms with Gasteiger partial charge >= 0.3 is 0 Å². The van der Waals surface area contributed by atoms with Crippen molar-refractivity contribution in [2.24, 2.45) is 7.05 Å². The number of aryl methyl sites for hydroxylation is 1. The fourth-order valence-corrected chi connectivity index (χ4v) is 1.24. The van der Waals surface area contributed by atoms with E-state index in [0.717, 1.165) is 0 Å². The molecule has 0 saturated carbocycles. The van der Waals surface area contributed by atoms with E-state index in [1.54, 1.807) is 20.3 Å². The lowest BCUT2D eigenvalue weighted by Gasteiger charge is -2.02. The summed E-state index contributed by atoms with van der Waals surface area (Å²) < 4.78 is 1.78. The third-order valence-corrected chi connectivity index (χ3v) is 2.11. The van der Waals surface area contributed by atoms with Gasteiger partial charge in [0.05, 0.1) is 11.9 Å². The van der Waals surface area contributed by atoms with Gasteiger partial charge in [-0.15, -0.1) is 0 Å². The Labute approximate surface area is 86.1 Å². The van der Waals surface area contributed by atoms with Crippen molar-refractivity contribution in [3.05, 3.63) is 21.0 Å². The molecule has 0 fully saturated rings. The summed E-state index contributed by atoms with van der Waals surface area (Å²) in [5.41, 5.74) is 0.560. The van der Waals surface area contributed by atoms with Crippen LogP contribution in [0.25, 0.3) is 0 Å². The second-order valence-electron chi connectivity index (χ2n) is 2.05. The first-order chi connectivity index (χ1) is 6.16. The van der Waals surface area contributed by atoms with Gasteiger partial charge in [-0.3, -0.25) is 4.79 Å². The SMILES string of the molecule is CC.CNc1cnn(C)c(=O)c1Br. The zero-order chi connectivity index (χ0) is 10.4. The summed E-state index contributed by atoms with van der Waals surface area (Å²) in [5, 5.41) is 6.66. The van der Waals surface area contributed by atoms with Crippen molar-refractivity contribution in [3.8, 4) is 0 Å². The molecule has 4 nitrogen and oxygen atoms in total. The van der Waals surface area contributed by atoms with Gasteiger partial charge in [0.2, 0.25) is 0 Å². The van der Waals surface area contributed by atoms with Crippen LogP contribution in [0.15, 0.2) is 15.5 Å². The molecule has 0 atom stereocenters. The molecule has 74 valence electrons. The van der Waals surface area contributed by atoms with Crippen molar-refractivity contribution in [2.75, 3.05) is 12.4 Å². The molecule has 0 aliphatic rings. The third-order valence-electron chi connectivity index (χ3n) is 1.35. The van der Waals surface area contributed by atoms with Gasteiger partial charge in [-0.2, -0.15) is 5.10 Å². The monoisotopic (exact) mass is 247 g/mol. The number of anilines is 1. The highest BCUT2D eigenvalue weighted by Gasteiger charge is 2.03. The molecule has 1 aromatic heterocycles. The highest BCUT2D eigenvalue weighted by molar-refractivity contribution is 9.10. The van der Waals surface area contributed by atoms with Crippen LogP contribution in [0.1, 0.15) is 13.8 Å². The van der Waals surface area contributed by atoms with Crippen LogP contribution in [0.3, 0.4) is 0 Å². The lowest BCUT2D eigenvalue weighted by atomic mass is 10.5. The molecular weight excluding hydrogens is 234 g/mol. The number of nitrogens with zero attached hydrogens (tertiary/aromatic N) is 2. The van der Waals surface area contributed by atoms with Gasteiger partial charge in [0.15, 0.2) is 0 Å². The summed E-state index contributed by atoms with van der Waals surface area (Å²) in [6.07, 6.45) is 1.59. The first-order valence-electron chi connectivity index (χ1n) is 4.06. The first kappa shape index (κ1) is 12.2. The van der Waals surface area contributed by atoms with E-state index in [0.29, 0.717) is 10.2 Å². The zero-order valence-corrected chi connectivity index (χ0v) is 9.84.